The second-order valence-electron chi connectivity index (χ2n) is 8.09. The minimum atomic E-state index is -0.296. The number of benzene rings is 3. The molecule has 0 saturated heterocycles. The number of hydrogen-bond acceptors (Lipinski definition) is 6. The maximum atomic E-state index is 12.8. The van der Waals surface area contributed by atoms with Gasteiger partial charge in [-0.15, -0.1) is 10.2 Å². The van der Waals surface area contributed by atoms with Crippen molar-refractivity contribution >= 4 is 11.7 Å². The fourth-order valence-electron chi connectivity index (χ4n) is 3.70. The van der Waals surface area contributed by atoms with Crippen molar-refractivity contribution in [1.29, 1.82) is 0 Å². The van der Waals surface area contributed by atoms with Crippen molar-refractivity contribution in [3.8, 4) is 34.1 Å². The molecule has 1 N–H and O–H groups in total. The van der Waals surface area contributed by atoms with Crippen LogP contribution in [0.3, 0.4) is 0 Å². The fourth-order valence-corrected chi connectivity index (χ4v) is 3.70. The summed E-state index contributed by atoms with van der Waals surface area (Å²) in [5.74, 6) is 1.24. The molecule has 0 fully saturated rings. The Morgan fingerprint density at radius 3 is 2.54 bits per heavy atom. The van der Waals surface area contributed by atoms with E-state index in [1.165, 1.54) is 6.39 Å². The molecule has 0 bridgehead atoms. The summed E-state index contributed by atoms with van der Waals surface area (Å²) in [5.41, 5.74) is 5.67. The van der Waals surface area contributed by atoms with Crippen molar-refractivity contribution in [2.45, 2.75) is 13.8 Å². The van der Waals surface area contributed by atoms with Crippen LogP contribution in [0.5, 0.6) is 5.75 Å². The van der Waals surface area contributed by atoms with Crippen molar-refractivity contribution in [1.82, 2.24) is 20.0 Å². The Morgan fingerprint density at radius 2 is 1.80 bits per heavy atom. The molecule has 5 aromatic rings. The van der Waals surface area contributed by atoms with E-state index in [9.17, 15) is 4.79 Å². The summed E-state index contributed by atoms with van der Waals surface area (Å²) < 4.78 is 12.6. The van der Waals surface area contributed by atoms with Crippen LogP contribution in [0.1, 0.15) is 11.1 Å². The van der Waals surface area contributed by atoms with Crippen LogP contribution < -0.4 is 10.1 Å². The van der Waals surface area contributed by atoms with Crippen LogP contribution in [-0.4, -0.2) is 32.5 Å². The first-order valence-corrected chi connectivity index (χ1v) is 11.1. The third kappa shape index (κ3) is 4.96. The Hall–Kier alpha value is -4.72. The number of nitrogens with one attached hydrogen (secondary N) is 1. The van der Waals surface area contributed by atoms with E-state index in [-0.39, 0.29) is 12.5 Å². The second-order valence-corrected chi connectivity index (χ2v) is 8.09. The van der Waals surface area contributed by atoms with Gasteiger partial charge in [-0.2, -0.15) is 5.10 Å². The molecule has 0 aliphatic carbocycles. The third-order valence-electron chi connectivity index (χ3n) is 5.48. The van der Waals surface area contributed by atoms with E-state index in [4.69, 9.17) is 14.3 Å². The van der Waals surface area contributed by atoms with Crippen LogP contribution in [0.15, 0.2) is 89.7 Å². The third-order valence-corrected chi connectivity index (χ3v) is 5.48. The molecule has 0 radical (unpaired) electrons. The Balaban J connectivity index is 1.34. The van der Waals surface area contributed by atoms with Gasteiger partial charge in [-0.25, -0.2) is 4.68 Å². The average molecular weight is 466 g/mol. The molecular weight excluding hydrogens is 442 g/mol. The molecular formula is C27H23N5O3. The highest BCUT2D eigenvalue weighted by molar-refractivity contribution is 5.92. The molecule has 2 aromatic heterocycles. The molecule has 3 aromatic carbocycles. The van der Waals surface area contributed by atoms with Gasteiger partial charge >= 0.3 is 0 Å². The molecule has 2 heterocycles. The maximum absolute atomic E-state index is 12.8. The molecule has 0 aliphatic heterocycles. The summed E-state index contributed by atoms with van der Waals surface area (Å²) in [4.78, 5) is 12.8. The van der Waals surface area contributed by atoms with Gasteiger partial charge in [-0.1, -0.05) is 35.9 Å². The zero-order valence-electron chi connectivity index (χ0n) is 19.3. The molecule has 5 rings (SSSR count). The molecule has 0 spiro atoms. The number of carbonyl (C=O) groups excluding carboxylic acids is 1. The van der Waals surface area contributed by atoms with Gasteiger partial charge in [-0.05, 0) is 61.9 Å². The summed E-state index contributed by atoms with van der Waals surface area (Å²) in [7, 11) is 0. The van der Waals surface area contributed by atoms with E-state index in [2.05, 4.69) is 33.7 Å². The van der Waals surface area contributed by atoms with Crippen molar-refractivity contribution in [3.63, 3.8) is 0 Å². The predicted octanol–water partition coefficient (Wildman–Crippen LogP) is 5.22. The van der Waals surface area contributed by atoms with E-state index in [0.717, 1.165) is 33.6 Å². The number of aryl methyl sites for hydroxylation is 2. The second kappa shape index (κ2) is 9.64. The SMILES string of the molecule is Cc1ccc(C)c(-c2cc(NC(=O)COc3ccc(-c4nnco4)cc3)n(-c3ccccc3)n2)c1. The first-order chi connectivity index (χ1) is 17.1. The van der Waals surface area contributed by atoms with Gasteiger partial charge in [0.15, 0.2) is 6.61 Å². The summed E-state index contributed by atoms with van der Waals surface area (Å²) >= 11 is 0. The number of aromatic nitrogens is 4. The first-order valence-electron chi connectivity index (χ1n) is 11.1. The van der Waals surface area contributed by atoms with Crippen LogP contribution in [0.4, 0.5) is 5.82 Å². The number of rotatable bonds is 7. The average Bonchev–Trinajstić information content (AvgIpc) is 3.56. The van der Waals surface area contributed by atoms with Crippen LogP contribution in [0.25, 0.3) is 28.4 Å². The van der Waals surface area contributed by atoms with Crippen molar-refractivity contribution in [3.05, 3.63) is 96.4 Å². The smallest absolute Gasteiger partial charge is 0.263 e. The highest BCUT2D eigenvalue weighted by Crippen LogP contribution is 2.28. The number of ether oxygens (including phenoxy) is 1. The van der Waals surface area contributed by atoms with Crippen LogP contribution in [0.2, 0.25) is 0 Å². The first kappa shape index (κ1) is 22.1. The van der Waals surface area contributed by atoms with Gasteiger partial charge in [-0.3, -0.25) is 4.79 Å². The Morgan fingerprint density at radius 1 is 1.00 bits per heavy atom. The lowest BCUT2D eigenvalue weighted by Crippen LogP contribution is -2.21. The number of para-hydroxylation sites is 1. The molecule has 1 amide bonds. The van der Waals surface area contributed by atoms with Gasteiger partial charge in [0, 0.05) is 17.2 Å². The lowest BCUT2D eigenvalue weighted by Gasteiger charge is -2.10. The Kier molecular flexibility index (Phi) is 6.09. The van der Waals surface area contributed by atoms with Crippen LogP contribution in [0, 0.1) is 13.8 Å². The zero-order valence-corrected chi connectivity index (χ0v) is 19.3. The van der Waals surface area contributed by atoms with Crippen molar-refractivity contribution in [2.75, 3.05) is 11.9 Å². The lowest BCUT2D eigenvalue weighted by molar-refractivity contribution is -0.118. The number of hydrogen-bond donors (Lipinski definition) is 1. The van der Waals surface area contributed by atoms with Crippen LogP contribution >= 0.6 is 0 Å². The van der Waals surface area contributed by atoms with E-state index in [1.807, 2.05) is 50.2 Å². The number of anilines is 1. The molecule has 174 valence electrons. The summed E-state index contributed by atoms with van der Waals surface area (Å²) in [6.45, 7) is 3.94. The molecule has 0 saturated carbocycles. The fraction of sp³-hybridized carbons (Fsp3) is 0.111. The van der Waals surface area contributed by atoms with Gasteiger partial charge in [0.2, 0.25) is 12.3 Å². The molecule has 8 heteroatoms. The normalized spacial score (nSPS) is 10.8. The summed E-state index contributed by atoms with van der Waals surface area (Å²) in [6.07, 6.45) is 1.27. The molecule has 35 heavy (non-hydrogen) atoms. The topological polar surface area (TPSA) is 95.1 Å². The zero-order chi connectivity index (χ0) is 24.2. The van der Waals surface area contributed by atoms with E-state index >= 15 is 0 Å². The van der Waals surface area contributed by atoms with Gasteiger partial charge in [0.25, 0.3) is 5.91 Å². The van der Waals surface area contributed by atoms with E-state index in [1.54, 1.807) is 28.9 Å². The highest BCUT2D eigenvalue weighted by Gasteiger charge is 2.16. The standard InChI is InChI=1S/C27H23N5O3/c1-18-8-9-19(2)23(14-18)24-15-25(32(31-24)21-6-4-3-5-7-21)29-26(33)16-34-22-12-10-20(11-13-22)27-30-28-17-35-27/h3-15,17H,16H2,1-2H3,(H,29,33). The molecule has 0 atom stereocenters. The lowest BCUT2D eigenvalue weighted by atomic mass is 10.0. The minimum absolute atomic E-state index is 0.154. The quantitative estimate of drug-likeness (QED) is 0.354. The van der Waals surface area contributed by atoms with Crippen molar-refractivity contribution in [2.24, 2.45) is 0 Å². The summed E-state index contributed by atoms with van der Waals surface area (Å²) in [5, 5.41) is 15.3. The van der Waals surface area contributed by atoms with E-state index < -0.39 is 0 Å². The number of carbonyl (C=O) groups is 1. The van der Waals surface area contributed by atoms with Gasteiger partial charge < -0.3 is 14.5 Å². The predicted molar refractivity (Wildman–Crippen MR) is 132 cm³/mol. The molecule has 0 unspecified atom stereocenters. The maximum Gasteiger partial charge on any atom is 0.263 e. The number of amides is 1. The Labute approximate surface area is 202 Å². The highest BCUT2D eigenvalue weighted by atomic mass is 16.5. The monoisotopic (exact) mass is 465 g/mol. The van der Waals surface area contributed by atoms with E-state index in [0.29, 0.717) is 17.5 Å². The van der Waals surface area contributed by atoms with Gasteiger partial charge in [0.05, 0.1) is 11.4 Å². The molecule has 8 nitrogen and oxygen atoms in total. The molecule has 0 aliphatic rings. The van der Waals surface area contributed by atoms with Gasteiger partial charge in [0.1, 0.15) is 11.6 Å². The minimum Gasteiger partial charge on any atom is -0.484 e. The number of nitrogens with zero attached hydrogens (tertiary/aromatic N) is 4. The van der Waals surface area contributed by atoms with Crippen molar-refractivity contribution < 1.29 is 13.9 Å². The summed E-state index contributed by atoms with van der Waals surface area (Å²) in [6, 6.07) is 24.9. The van der Waals surface area contributed by atoms with Crippen LogP contribution in [-0.2, 0) is 4.79 Å². The largest absolute Gasteiger partial charge is 0.484 e. The Bertz CT molecular complexity index is 1440.